The van der Waals surface area contributed by atoms with Crippen molar-refractivity contribution in [2.75, 3.05) is 18.5 Å². The highest BCUT2D eigenvalue weighted by Crippen LogP contribution is 2.28. The Hall–Kier alpha value is -1.18. The van der Waals surface area contributed by atoms with E-state index in [4.69, 9.17) is 5.84 Å². The van der Waals surface area contributed by atoms with E-state index >= 15 is 0 Å². The molecule has 18 heavy (non-hydrogen) atoms. The normalized spacial score (nSPS) is 21.1. The Morgan fingerprint density at radius 1 is 1.61 bits per heavy atom. The second-order valence-corrected chi connectivity index (χ2v) is 6.35. The zero-order valence-electron chi connectivity index (χ0n) is 10.3. The number of sulfonamides is 1. The predicted octanol–water partition coefficient (Wildman–Crippen LogP) is 0.788. The van der Waals surface area contributed by atoms with Gasteiger partial charge in [0.05, 0.1) is 5.69 Å². The Bertz CT molecular complexity index is 518. The summed E-state index contributed by atoms with van der Waals surface area (Å²) in [6.07, 6.45) is 4.76. The minimum atomic E-state index is -3.50. The lowest BCUT2D eigenvalue weighted by molar-refractivity contribution is 0.453. The summed E-state index contributed by atoms with van der Waals surface area (Å²) >= 11 is 0. The lowest BCUT2D eigenvalue weighted by Crippen LogP contribution is -2.30. The first-order valence-electron chi connectivity index (χ1n) is 6.00. The van der Waals surface area contributed by atoms with E-state index in [0.717, 1.165) is 12.8 Å². The molecule has 1 aromatic heterocycles. The molecule has 100 valence electrons. The fourth-order valence-electron chi connectivity index (χ4n) is 2.19. The van der Waals surface area contributed by atoms with E-state index < -0.39 is 10.0 Å². The number of pyridine rings is 1. The van der Waals surface area contributed by atoms with Gasteiger partial charge in [0.2, 0.25) is 10.0 Å². The number of hydrazine groups is 1. The van der Waals surface area contributed by atoms with Crippen molar-refractivity contribution in [3.8, 4) is 0 Å². The van der Waals surface area contributed by atoms with Gasteiger partial charge in [-0.1, -0.05) is 13.3 Å². The maximum Gasteiger partial charge on any atom is 0.246 e. The van der Waals surface area contributed by atoms with Crippen LogP contribution in [0.2, 0.25) is 0 Å². The van der Waals surface area contributed by atoms with Crippen molar-refractivity contribution in [2.45, 2.75) is 24.7 Å². The largest absolute Gasteiger partial charge is 0.323 e. The van der Waals surface area contributed by atoms with Crippen LogP contribution in [0.3, 0.4) is 0 Å². The Morgan fingerprint density at radius 3 is 3.00 bits per heavy atom. The number of rotatable bonds is 4. The van der Waals surface area contributed by atoms with Crippen molar-refractivity contribution < 1.29 is 8.42 Å². The van der Waals surface area contributed by atoms with Gasteiger partial charge in [-0.3, -0.25) is 10.8 Å². The Kier molecular flexibility index (Phi) is 3.84. The molecule has 0 aromatic carbocycles. The topological polar surface area (TPSA) is 88.3 Å². The van der Waals surface area contributed by atoms with Crippen LogP contribution in [-0.4, -0.2) is 30.8 Å². The molecule has 0 aliphatic carbocycles. The van der Waals surface area contributed by atoms with E-state index in [-0.39, 0.29) is 4.90 Å². The first-order chi connectivity index (χ1) is 8.59. The number of aromatic nitrogens is 1. The highest BCUT2D eigenvalue weighted by Gasteiger charge is 2.33. The lowest BCUT2D eigenvalue weighted by Gasteiger charge is -2.18. The van der Waals surface area contributed by atoms with Gasteiger partial charge >= 0.3 is 0 Å². The van der Waals surface area contributed by atoms with Gasteiger partial charge in [-0.2, -0.15) is 4.31 Å². The molecule has 1 fully saturated rings. The number of nitrogens with one attached hydrogen (secondary N) is 1. The molecule has 0 saturated carbocycles. The average molecular weight is 270 g/mol. The van der Waals surface area contributed by atoms with Crippen LogP contribution >= 0.6 is 0 Å². The van der Waals surface area contributed by atoms with Crippen molar-refractivity contribution in [3.63, 3.8) is 0 Å². The standard InChI is InChI=1S/C11H18N4O2S/c1-2-9-4-6-15(8-9)18(16,17)11-7-13-5-3-10(11)14-12/h3,5,7,9H,2,4,6,8,12H2,1H3,(H,13,14). The maximum atomic E-state index is 12.5. The summed E-state index contributed by atoms with van der Waals surface area (Å²) in [4.78, 5) is 4.01. The van der Waals surface area contributed by atoms with Gasteiger partial charge < -0.3 is 5.43 Å². The van der Waals surface area contributed by atoms with Crippen LogP contribution in [0.4, 0.5) is 5.69 Å². The highest BCUT2D eigenvalue weighted by molar-refractivity contribution is 7.89. The highest BCUT2D eigenvalue weighted by atomic mass is 32.2. The van der Waals surface area contributed by atoms with Crippen LogP contribution in [0.1, 0.15) is 19.8 Å². The molecule has 1 aliphatic heterocycles. The predicted molar refractivity (Wildman–Crippen MR) is 69.2 cm³/mol. The summed E-state index contributed by atoms with van der Waals surface area (Å²) in [7, 11) is -3.50. The molecule has 1 aliphatic rings. The number of hydrogen-bond donors (Lipinski definition) is 2. The second-order valence-electron chi connectivity index (χ2n) is 4.44. The first kappa shape index (κ1) is 13.3. The number of nitrogen functional groups attached to an aromatic ring is 1. The number of nitrogens with zero attached hydrogens (tertiary/aromatic N) is 2. The second kappa shape index (κ2) is 5.21. The van der Waals surface area contributed by atoms with E-state index in [9.17, 15) is 8.42 Å². The average Bonchev–Trinajstić information content (AvgIpc) is 2.88. The molecule has 0 radical (unpaired) electrons. The van der Waals surface area contributed by atoms with Gasteiger partial charge in [-0.15, -0.1) is 0 Å². The minimum absolute atomic E-state index is 0.143. The molecule has 2 rings (SSSR count). The third-order valence-corrected chi connectivity index (χ3v) is 5.28. The fraction of sp³-hybridized carbons (Fsp3) is 0.545. The zero-order chi connectivity index (χ0) is 13.2. The van der Waals surface area contributed by atoms with Gasteiger partial charge in [-0.25, -0.2) is 8.42 Å². The summed E-state index contributed by atoms with van der Waals surface area (Å²) in [5.74, 6) is 5.79. The van der Waals surface area contributed by atoms with Gasteiger partial charge in [0.1, 0.15) is 4.90 Å². The molecular weight excluding hydrogens is 252 g/mol. The number of hydrogen-bond acceptors (Lipinski definition) is 5. The fourth-order valence-corrected chi connectivity index (χ4v) is 3.82. The zero-order valence-corrected chi connectivity index (χ0v) is 11.2. The summed E-state index contributed by atoms with van der Waals surface area (Å²) < 4.78 is 26.4. The molecule has 3 N–H and O–H groups in total. The monoisotopic (exact) mass is 270 g/mol. The third-order valence-electron chi connectivity index (χ3n) is 3.38. The van der Waals surface area contributed by atoms with Crippen LogP contribution in [0.25, 0.3) is 0 Å². The van der Waals surface area contributed by atoms with Gasteiger partial charge in [0.15, 0.2) is 0 Å². The van der Waals surface area contributed by atoms with E-state index in [1.54, 1.807) is 6.07 Å². The van der Waals surface area contributed by atoms with E-state index in [1.165, 1.54) is 16.7 Å². The van der Waals surface area contributed by atoms with E-state index in [0.29, 0.717) is 24.7 Å². The van der Waals surface area contributed by atoms with E-state index in [2.05, 4.69) is 17.3 Å². The van der Waals surface area contributed by atoms with Crippen molar-refractivity contribution in [2.24, 2.45) is 11.8 Å². The Morgan fingerprint density at radius 2 is 2.39 bits per heavy atom. The van der Waals surface area contributed by atoms with Crippen LogP contribution in [0.15, 0.2) is 23.4 Å². The van der Waals surface area contributed by atoms with Crippen molar-refractivity contribution >= 4 is 15.7 Å². The molecule has 1 aromatic rings. The van der Waals surface area contributed by atoms with Crippen LogP contribution in [-0.2, 0) is 10.0 Å². The Labute approximate surface area is 107 Å². The number of nitrogens with two attached hydrogens (primary N) is 1. The van der Waals surface area contributed by atoms with Crippen LogP contribution in [0, 0.1) is 5.92 Å². The van der Waals surface area contributed by atoms with Crippen LogP contribution < -0.4 is 11.3 Å². The molecule has 1 saturated heterocycles. The first-order valence-corrected chi connectivity index (χ1v) is 7.44. The molecular formula is C11H18N4O2S. The molecule has 6 nitrogen and oxygen atoms in total. The van der Waals surface area contributed by atoms with Crippen molar-refractivity contribution in [1.29, 1.82) is 0 Å². The SMILES string of the molecule is CCC1CCN(S(=O)(=O)c2cnccc2NN)C1. The molecule has 0 spiro atoms. The molecule has 0 amide bonds. The van der Waals surface area contributed by atoms with Gasteiger partial charge in [-0.05, 0) is 18.4 Å². The molecule has 7 heteroatoms. The summed E-state index contributed by atoms with van der Waals surface area (Å²) in [5, 5.41) is 0. The van der Waals surface area contributed by atoms with Gasteiger partial charge in [0, 0.05) is 25.5 Å². The summed E-state index contributed by atoms with van der Waals surface area (Å²) in [6, 6.07) is 1.56. The molecule has 1 atom stereocenters. The number of anilines is 1. The lowest BCUT2D eigenvalue weighted by atomic mass is 10.1. The smallest absolute Gasteiger partial charge is 0.246 e. The molecule has 2 heterocycles. The third kappa shape index (κ3) is 2.33. The minimum Gasteiger partial charge on any atom is -0.323 e. The summed E-state index contributed by atoms with van der Waals surface area (Å²) in [5.41, 5.74) is 2.78. The van der Waals surface area contributed by atoms with Crippen molar-refractivity contribution in [1.82, 2.24) is 9.29 Å². The Balaban J connectivity index is 2.31. The molecule has 0 bridgehead atoms. The quantitative estimate of drug-likeness (QED) is 0.623. The maximum absolute atomic E-state index is 12.5. The molecule has 1 unspecified atom stereocenters. The van der Waals surface area contributed by atoms with Gasteiger partial charge in [0.25, 0.3) is 0 Å². The summed E-state index contributed by atoms with van der Waals surface area (Å²) in [6.45, 7) is 3.23. The van der Waals surface area contributed by atoms with Crippen LogP contribution in [0.5, 0.6) is 0 Å². The van der Waals surface area contributed by atoms with Crippen molar-refractivity contribution in [3.05, 3.63) is 18.5 Å². The van der Waals surface area contributed by atoms with E-state index in [1.807, 2.05) is 0 Å².